The first-order chi connectivity index (χ1) is 11.8. The molecule has 0 bridgehead atoms. The molecule has 3 heterocycles. The standard InChI is InChI=1S/C17H26N4O3S/c1-17(2,3)24-16(23)21-7-4-5-13(21)14(22)19-8-10-20(11-9-19)15-18-6-12-25-15/h6,12-13H,4-5,7-11H2,1-3H3/t13-/m0/s1. The first kappa shape index (κ1) is 18.0. The van der Waals surface area contributed by atoms with E-state index in [1.54, 1.807) is 22.4 Å². The van der Waals surface area contributed by atoms with Gasteiger partial charge in [-0.1, -0.05) is 0 Å². The average Bonchev–Trinajstić information content (AvgIpc) is 3.24. The third-order valence-electron chi connectivity index (χ3n) is 4.45. The summed E-state index contributed by atoms with van der Waals surface area (Å²) in [6.45, 7) is 9.00. The average molecular weight is 366 g/mol. The summed E-state index contributed by atoms with van der Waals surface area (Å²) in [5, 5.41) is 2.97. The van der Waals surface area contributed by atoms with Crippen molar-refractivity contribution in [1.29, 1.82) is 0 Å². The van der Waals surface area contributed by atoms with Gasteiger partial charge in [-0.25, -0.2) is 9.78 Å². The summed E-state index contributed by atoms with van der Waals surface area (Å²) >= 11 is 1.62. The number of carbonyl (C=O) groups excluding carboxylic acids is 2. The third-order valence-corrected chi connectivity index (χ3v) is 5.28. The summed E-state index contributed by atoms with van der Waals surface area (Å²) in [5.41, 5.74) is -0.549. The summed E-state index contributed by atoms with van der Waals surface area (Å²) in [4.78, 5) is 35.3. The predicted octanol–water partition coefficient (Wildman–Crippen LogP) is 2.19. The minimum absolute atomic E-state index is 0.0437. The molecule has 0 radical (unpaired) electrons. The fourth-order valence-electron chi connectivity index (χ4n) is 3.26. The zero-order chi connectivity index (χ0) is 18.0. The number of aromatic nitrogens is 1. The van der Waals surface area contributed by atoms with Gasteiger partial charge in [0.2, 0.25) is 5.91 Å². The van der Waals surface area contributed by atoms with Crippen LogP contribution in [-0.4, -0.2) is 71.2 Å². The predicted molar refractivity (Wildman–Crippen MR) is 96.9 cm³/mol. The molecule has 138 valence electrons. The van der Waals surface area contributed by atoms with Gasteiger partial charge >= 0.3 is 6.09 Å². The molecule has 1 aromatic heterocycles. The van der Waals surface area contributed by atoms with E-state index in [4.69, 9.17) is 4.74 Å². The van der Waals surface area contributed by atoms with E-state index in [2.05, 4.69) is 9.88 Å². The molecule has 0 aliphatic carbocycles. The van der Waals surface area contributed by atoms with Crippen molar-refractivity contribution in [2.24, 2.45) is 0 Å². The highest BCUT2D eigenvalue weighted by Crippen LogP contribution is 2.24. The van der Waals surface area contributed by atoms with Gasteiger partial charge in [-0.15, -0.1) is 11.3 Å². The number of nitrogens with zero attached hydrogens (tertiary/aromatic N) is 4. The zero-order valence-electron chi connectivity index (χ0n) is 15.1. The van der Waals surface area contributed by atoms with Crippen LogP contribution in [0.1, 0.15) is 33.6 Å². The third kappa shape index (κ3) is 4.23. The Morgan fingerprint density at radius 3 is 2.52 bits per heavy atom. The van der Waals surface area contributed by atoms with Gasteiger partial charge in [-0.05, 0) is 33.6 Å². The van der Waals surface area contributed by atoms with Crippen LogP contribution in [0.25, 0.3) is 0 Å². The topological polar surface area (TPSA) is 66.0 Å². The van der Waals surface area contributed by atoms with E-state index in [-0.39, 0.29) is 18.0 Å². The number of hydrogen-bond donors (Lipinski definition) is 0. The van der Waals surface area contributed by atoms with Crippen molar-refractivity contribution in [3.8, 4) is 0 Å². The lowest BCUT2D eigenvalue weighted by Gasteiger charge is -2.37. The quantitative estimate of drug-likeness (QED) is 0.803. The molecule has 1 aromatic rings. The van der Waals surface area contributed by atoms with Crippen LogP contribution in [0.15, 0.2) is 11.6 Å². The lowest BCUT2D eigenvalue weighted by molar-refractivity contribution is -0.136. The number of hydrogen-bond acceptors (Lipinski definition) is 6. The van der Waals surface area contributed by atoms with Crippen molar-refractivity contribution in [2.75, 3.05) is 37.6 Å². The number of carbonyl (C=O) groups is 2. The molecule has 3 rings (SSSR count). The maximum atomic E-state index is 12.9. The van der Waals surface area contributed by atoms with Crippen molar-refractivity contribution >= 4 is 28.5 Å². The first-order valence-electron chi connectivity index (χ1n) is 8.78. The van der Waals surface area contributed by atoms with E-state index in [0.29, 0.717) is 26.1 Å². The molecule has 2 aliphatic heterocycles. The van der Waals surface area contributed by atoms with Crippen molar-refractivity contribution < 1.29 is 14.3 Å². The Kier molecular flexibility index (Phi) is 5.17. The van der Waals surface area contributed by atoms with Crippen LogP contribution in [0.3, 0.4) is 0 Å². The summed E-state index contributed by atoms with van der Waals surface area (Å²) in [6.07, 6.45) is 2.97. The molecule has 2 aliphatic rings. The molecule has 0 spiro atoms. The Labute approximate surface area is 152 Å². The molecule has 0 unspecified atom stereocenters. The van der Waals surface area contributed by atoms with Gasteiger partial charge in [0, 0.05) is 44.3 Å². The minimum Gasteiger partial charge on any atom is -0.444 e. The summed E-state index contributed by atoms with van der Waals surface area (Å²) in [7, 11) is 0. The molecule has 25 heavy (non-hydrogen) atoms. The van der Waals surface area contributed by atoms with Crippen LogP contribution >= 0.6 is 11.3 Å². The monoisotopic (exact) mass is 366 g/mol. The Balaban J connectivity index is 1.58. The SMILES string of the molecule is CC(C)(C)OC(=O)N1CCC[C@H]1C(=O)N1CCN(c2nccs2)CC1. The van der Waals surface area contributed by atoms with E-state index in [1.165, 1.54) is 0 Å². The number of anilines is 1. The largest absolute Gasteiger partial charge is 0.444 e. The Morgan fingerprint density at radius 2 is 1.92 bits per heavy atom. The van der Waals surface area contributed by atoms with E-state index in [0.717, 1.165) is 24.6 Å². The second-order valence-corrected chi connectivity index (χ2v) is 8.33. The van der Waals surface area contributed by atoms with E-state index < -0.39 is 5.60 Å². The van der Waals surface area contributed by atoms with Gasteiger partial charge < -0.3 is 14.5 Å². The minimum atomic E-state index is -0.549. The van der Waals surface area contributed by atoms with E-state index in [1.807, 2.05) is 31.1 Å². The van der Waals surface area contributed by atoms with Gasteiger partial charge in [-0.2, -0.15) is 0 Å². The molecule has 7 nitrogen and oxygen atoms in total. The molecule has 1 atom stereocenters. The number of rotatable bonds is 2. The molecular formula is C17H26N4O3S. The molecule has 2 saturated heterocycles. The number of thiazole rings is 1. The Bertz CT molecular complexity index is 606. The molecule has 8 heteroatoms. The summed E-state index contributed by atoms with van der Waals surface area (Å²) in [6, 6.07) is -0.388. The van der Waals surface area contributed by atoms with Gasteiger partial charge in [0.25, 0.3) is 0 Å². The summed E-state index contributed by atoms with van der Waals surface area (Å²) in [5.74, 6) is 0.0437. The molecule has 0 saturated carbocycles. The van der Waals surface area contributed by atoms with Crippen LogP contribution in [0.2, 0.25) is 0 Å². The van der Waals surface area contributed by atoms with Gasteiger partial charge in [-0.3, -0.25) is 9.69 Å². The van der Waals surface area contributed by atoms with Crippen LogP contribution < -0.4 is 4.90 Å². The van der Waals surface area contributed by atoms with Crippen molar-refractivity contribution in [3.63, 3.8) is 0 Å². The van der Waals surface area contributed by atoms with Gasteiger partial charge in [0.15, 0.2) is 5.13 Å². The van der Waals surface area contributed by atoms with Crippen LogP contribution in [0.5, 0.6) is 0 Å². The Morgan fingerprint density at radius 1 is 1.20 bits per heavy atom. The fourth-order valence-corrected chi connectivity index (χ4v) is 3.96. The van der Waals surface area contributed by atoms with Crippen molar-refractivity contribution in [1.82, 2.24) is 14.8 Å². The second kappa shape index (κ2) is 7.19. The maximum absolute atomic E-state index is 12.9. The van der Waals surface area contributed by atoms with Gasteiger partial charge in [0.1, 0.15) is 11.6 Å². The highest BCUT2D eigenvalue weighted by molar-refractivity contribution is 7.13. The van der Waals surface area contributed by atoms with Crippen LogP contribution in [-0.2, 0) is 9.53 Å². The molecular weight excluding hydrogens is 340 g/mol. The zero-order valence-corrected chi connectivity index (χ0v) is 15.9. The van der Waals surface area contributed by atoms with E-state index in [9.17, 15) is 9.59 Å². The maximum Gasteiger partial charge on any atom is 0.410 e. The van der Waals surface area contributed by atoms with E-state index >= 15 is 0 Å². The number of ether oxygens (including phenoxy) is 1. The number of piperazine rings is 1. The first-order valence-corrected chi connectivity index (χ1v) is 9.66. The second-order valence-electron chi connectivity index (χ2n) is 7.46. The molecule has 0 N–H and O–H groups in total. The smallest absolute Gasteiger partial charge is 0.410 e. The number of likely N-dealkylation sites (tertiary alicyclic amines) is 1. The van der Waals surface area contributed by atoms with Crippen molar-refractivity contribution in [2.45, 2.75) is 45.3 Å². The number of amides is 2. The van der Waals surface area contributed by atoms with Crippen LogP contribution in [0, 0.1) is 0 Å². The summed E-state index contributed by atoms with van der Waals surface area (Å²) < 4.78 is 5.46. The lowest BCUT2D eigenvalue weighted by atomic mass is 10.1. The highest BCUT2D eigenvalue weighted by Gasteiger charge is 2.39. The van der Waals surface area contributed by atoms with Gasteiger partial charge in [0.05, 0.1) is 0 Å². The molecule has 0 aromatic carbocycles. The van der Waals surface area contributed by atoms with Crippen LogP contribution in [0.4, 0.5) is 9.93 Å². The Hall–Kier alpha value is -1.83. The lowest BCUT2D eigenvalue weighted by Crippen LogP contribution is -2.54. The molecule has 2 fully saturated rings. The normalized spacial score (nSPS) is 21.6. The van der Waals surface area contributed by atoms with Crippen molar-refractivity contribution in [3.05, 3.63) is 11.6 Å². The molecule has 2 amide bonds. The highest BCUT2D eigenvalue weighted by atomic mass is 32.1. The fraction of sp³-hybridized carbons (Fsp3) is 0.706.